The number of benzene rings is 1. The van der Waals surface area contributed by atoms with Crippen molar-refractivity contribution in [3.05, 3.63) is 28.6 Å². The fourth-order valence-electron chi connectivity index (χ4n) is 2.22. The Bertz CT molecular complexity index is 723. The number of fused-ring (bicyclic) bond motifs is 1. The molecule has 7 heteroatoms. The van der Waals surface area contributed by atoms with Crippen molar-refractivity contribution in [1.82, 2.24) is 0 Å². The highest BCUT2D eigenvalue weighted by Crippen LogP contribution is 2.45. The monoisotopic (exact) mass is 302 g/mol. The zero-order valence-electron chi connectivity index (χ0n) is 10.6. The lowest BCUT2D eigenvalue weighted by atomic mass is 9.91. The van der Waals surface area contributed by atoms with E-state index in [1.807, 2.05) is 0 Å². The van der Waals surface area contributed by atoms with Crippen LogP contribution in [0.4, 0.5) is 22.6 Å². The Balaban J connectivity index is 3.06. The van der Waals surface area contributed by atoms with E-state index in [9.17, 15) is 17.6 Å². The van der Waals surface area contributed by atoms with Crippen LogP contribution in [-0.4, -0.2) is 0 Å². The molecule has 1 aromatic carbocycles. The van der Waals surface area contributed by atoms with Crippen molar-refractivity contribution in [2.45, 2.75) is 25.9 Å². The number of nitrogens with zero attached hydrogens (tertiary/aromatic N) is 1. The molecule has 106 valence electrons. The Kier molecular flexibility index (Phi) is 3.38. The van der Waals surface area contributed by atoms with Gasteiger partial charge in [-0.25, -0.2) is 4.39 Å². The molecule has 0 radical (unpaired) electrons. The Labute approximate surface area is 116 Å². The van der Waals surface area contributed by atoms with E-state index in [0.717, 1.165) is 11.3 Å². The highest BCUT2D eigenvalue weighted by atomic mass is 32.1. The molecule has 1 aromatic heterocycles. The first kappa shape index (κ1) is 14.6. The van der Waals surface area contributed by atoms with Crippen molar-refractivity contribution in [2.75, 3.05) is 5.73 Å². The molecule has 0 aliphatic carbocycles. The summed E-state index contributed by atoms with van der Waals surface area (Å²) in [6.45, 7) is 3.13. The maximum atomic E-state index is 13.9. The van der Waals surface area contributed by atoms with Crippen molar-refractivity contribution >= 4 is 26.4 Å². The number of nitrogen functional groups attached to an aromatic ring is 1. The highest BCUT2D eigenvalue weighted by Gasteiger charge is 2.37. The third kappa shape index (κ3) is 2.10. The highest BCUT2D eigenvalue weighted by molar-refractivity contribution is 7.23. The van der Waals surface area contributed by atoms with E-state index in [4.69, 9.17) is 11.0 Å². The first-order valence-electron chi connectivity index (χ1n) is 5.70. The number of thiophene rings is 1. The van der Waals surface area contributed by atoms with Gasteiger partial charge in [0.15, 0.2) is 0 Å². The summed E-state index contributed by atoms with van der Waals surface area (Å²) >= 11 is 0.794. The van der Waals surface area contributed by atoms with Crippen LogP contribution in [0.2, 0.25) is 0 Å². The summed E-state index contributed by atoms with van der Waals surface area (Å²) in [4.78, 5) is 0. The predicted molar refractivity (Wildman–Crippen MR) is 70.0 cm³/mol. The lowest BCUT2D eigenvalue weighted by molar-refractivity contribution is -0.138. The summed E-state index contributed by atoms with van der Waals surface area (Å²) in [5.74, 6) is -1.52. The van der Waals surface area contributed by atoms with Crippen LogP contribution in [0, 0.1) is 17.1 Å². The molecule has 0 fully saturated rings. The number of hydrogen-bond donors (Lipinski definition) is 1. The third-order valence-electron chi connectivity index (χ3n) is 2.98. The number of hydrogen-bond acceptors (Lipinski definition) is 3. The molecule has 0 aliphatic rings. The summed E-state index contributed by atoms with van der Waals surface area (Å²) in [6, 6.07) is 2.25. The standard InChI is InChI=1S/C13H10F4N2S/c1-5(2)9-7(13(15,16)17)3-8(14)11-10(9)6(4-18)12(19)20-11/h3,5H,19H2,1-2H3. The maximum absolute atomic E-state index is 13.9. The summed E-state index contributed by atoms with van der Waals surface area (Å²) in [5.41, 5.74) is 4.39. The van der Waals surface area contributed by atoms with Crippen LogP contribution < -0.4 is 5.73 Å². The molecular weight excluding hydrogens is 292 g/mol. The van der Waals surface area contributed by atoms with Gasteiger partial charge in [0.05, 0.1) is 15.8 Å². The quantitative estimate of drug-likeness (QED) is 0.780. The number of nitriles is 1. The number of rotatable bonds is 1. The van der Waals surface area contributed by atoms with Crippen LogP contribution in [0.15, 0.2) is 6.07 Å². The van der Waals surface area contributed by atoms with Gasteiger partial charge in [-0.15, -0.1) is 11.3 Å². The molecule has 0 atom stereocenters. The maximum Gasteiger partial charge on any atom is 0.416 e. The lowest BCUT2D eigenvalue weighted by Gasteiger charge is -2.17. The second kappa shape index (κ2) is 4.63. The fraction of sp³-hybridized carbons (Fsp3) is 0.308. The fourth-order valence-corrected chi connectivity index (χ4v) is 3.16. The molecule has 0 bridgehead atoms. The van der Waals surface area contributed by atoms with Crippen LogP contribution >= 0.6 is 11.3 Å². The first-order chi connectivity index (χ1) is 9.18. The van der Waals surface area contributed by atoms with E-state index < -0.39 is 23.5 Å². The van der Waals surface area contributed by atoms with Gasteiger partial charge < -0.3 is 5.73 Å². The molecule has 2 N–H and O–H groups in total. The first-order valence-corrected chi connectivity index (χ1v) is 6.51. The van der Waals surface area contributed by atoms with Crippen LogP contribution in [0.5, 0.6) is 0 Å². The van der Waals surface area contributed by atoms with Gasteiger partial charge in [0.2, 0.25) is 0 Å². The normalized spacial score (nSPS) is 12.1. The number of halogens is 4. The average molecular weight is 302 g/mol. The molecule has 0 amide bonds. The smallest absolute Gasteiger partial charge is 0.389 e. The van der Waals surface area contributed by atoms with Crippen LogP contribution in [-0.2, 0) is 6.18 Å². The minimum absolute atomic E-state index is 0.00394. The second-order valence-corrected chi connectivity index (χ2v) is 5.68. The van der Waals surface area contributed by atoms with Crippen LogP contribution in [0.1, 0.15) is 36.5 Å². The van der Waals surface area contributed by atoms with Crippen molar-refractivity contribution in [3.63, 3.8) is 0 Å². The summed E-state index contributed by atoms with van der Waals surface area (Å²) in [7, 11) is 0. The van der Waals surface area contributed by atoms with Gasteiger partial charge in [-0.05, 0) is 17.5 Å². The molecule has 1 heterocycles. The van der Waals surface area contributed by atoms with Gasteiger partial charge in [0.1, 0.15) is 16.9 Å². The molecule has 2 rings (SSSR count). The summed E-state index contributed by atoms with van der Waals surface area (Å²) in [5, 5.41) is 9.08. The SMILES string of the molecule is CC(C)c1c(C(F)(F)F)cc(F)c2sc(N)c(C#N)c12. The minimum Gasteiger partial charge on any atom is -0.389 e. The largest absolute Gasteiger partial charge is 0.416 e. The minimum atomic E-state index is -4.68. The Morgan fingerprint density at radius 3 is 2.40 bits per heavy atom. The molecule has 0 saturated heterocycles. The third-order valence-corrected chi connectivity index (χ3v) is 4.00. The lowest BCUT2D eigenvalue weighted by Crippen LogP contribution is -2.11. The molecule has 0 saturated carbocycles. The van der Waals surface area contributed by atoms with E-state index in [1.165, 1.54) is 0 Å². The van der Waals surface area contributed by atoms with Crippen LogP contribution in [0.3, 0.4) is 0 Å². The molecule has 0 unspecified atom stereocenters. The van der Waals surface area contributed by atoms with E-state index in [2.05, 4.69) is 0 Å². The Hall–Kier alpha value is -1.81. The zero-order chi connectivity index (χ0) is 15.2. The Morgan fingerprint density at radius 1 is 1.35 bits per heavy atom. The number of anilines is 1. The number of nitrogens with two attached hydrogens (primary N) is 1. The topological polar surface area (TPSA) is 49.8 Å². The Morgan fingerprint density at radius 2 is 1.95 bits per heavy atom. The van der Waals surface area contributed by atoms with Crippen molar-refractivity contribution < 1.29 is 17.6 Å². The van der Waals surface area contributed by atoms with Gasteiger partial charge in [0, 0.05) is 5.39 Å². The second-order valence-electron chi connectivity index (χ2n) is 4.63. The zero-order valence-corrected chi connectivity index (χ0v) is 11.4. The van der Waals surface area contributed by atoms with Crippen molar-refractivity contribution in [3.8, 4) is 6.07 Å². The van der Waals surface area contributed by atoms with Gasteiger partial charge in [0.25, 0.3) is 0 Å². The van der Waals surface area contributed by atoms with Gasteiger partial charge in [-0.1, -0.05) is 13.8 Å². The molecule has 0 aliphatic heterocycles. The van der Waals surface area contributed by atoms with E-state index in [-0.39, 0.29) is 26.2 Å². The molecule has 2 aromatic rings. The summed E-state index contributed by atoms with van der Waals surface area (Å²) < 4.78 is 53.1. The molecule has 20 heavy (non-hydrogen) atoms. The summed E-state index contributed by atoms with van der Waals surface area (Å²) in [6.07, 6.45) is -4.68. The predicted octanol–water partition coefficient (Wildman–Crippen LogP) is 4.64. The van der Waals surface area contributed by atoms with Gasteiger partial charge in [-0.3, -0.25) is 0 Å². The average Bonchev–Trinajstić information content (AvgIpc) is 2.64. The van der Waals surface area contributed by atoms with Crippen LogP contribution in [0.25, 0.3) is 10.1 Å². The number of alkyl halides is 3. The van der Waals surface area contributed by atoms with Gasteiger partial charge in [-0.2, -0.15) is 18.4 Å². The van der Waals surface area contributed by atoms with E-state index >= 15 is 0 Å². The van der Waals surface area contributed by atoms with Crippen molar-refractivity contribution in [2.24, 2.45) is 0 Å². The van der Waals surface area contributed by atoms with E-state index in [0.29, 0.717) is 6.07 Å². The van der Waals surface area contributed by atoms with E-state index in [1.54, 1.807) is 19.9 Å². The molecular formula is C13H10F4N2S. The van der Waals surface area contributed by atoms with Gasteiger partial charge >= 0.3 is 6.18 Å². The molecule has 2 nitrogen and oxygen atoms in total. The van der Waals surface area contributed by atoms with Crippen molar-refractivity contribution in [1.29, 1.82) is 5.26 Å². The molecule has 0 spiro atoms.